The van der Waals surface area contributed by atoms with Crippen LogP contribution in [0.1, 0.15) is 36.6 Å². The maximum Gasteiger partial charge on any atom is 0.0478 e. The monoisotopic (exact) mass is 270 g/mol. The average molecular weight is 270 g/mol. The number of benzene rings is 1. The molecule has 2 nitrogen and oxygen atoms in total. The van der Waals surface area contributed by atoms with Gasteiger partial charge in [0.05, 0.1) is 0 Å². The van der Waals surface area contributed by atoms with Gasteiger partial charge in [-0.25, -0.2) is 0 Å². The van der Waals surface area contributed by atoms with Gasteiger partial charge in [-0.3, -0.25) is 4.98 Å². The first-order chi connectivity index (χ1) is 9.16. The first-order valence-electron chi connectivity index (χ1n) is 6.79. The van der Waals surface area contributed by atoms with Crippen molar-refractivity contribution < 1.29 is 0 Å². The largest absolute Gasteiger partial charge is 0.309 e. The van der Waals surface area contributed by atoms with Crippen molar-refractivity contribution in [2.45, 2.75) is 26.7 Å². The molecule has 0 bridgehead atoms. The molecule has 0 aliphatic heterocycles. The lowest BCUT2D eigenvalue weighted by molar-refractivity contribution is 0.389. The van der Waals surface area contributed by atoms with Crippen LogP contribution in [0, 0.1) is 6.92 Å². The number of aryl methyl sites for hydroxylation is 1. The molecule has 1 atom stereocenters. The normalized spacial score (nSPS) is 12.0. The van der Waals surface area contributed by atoms with Gasteiger partial charge in [-0.15, -0.1) is 0 Å². The van der Waals surface area contributed by atoms with Crippen molar-refractivity contribution in [1.82, 2.24) is 9.88 Å². The van der Waals surface area contributed by atoms with Gasteiger partial charge in [0, 0.05) is 17.8 Å². The van der Waals surface area contributed by atoms with E-state index in [1.807, 2.05) is 12.3 Å². The molecule has 0 N–H and O–H groups in total. The summed E-state index contributed by atoms with van der Waals surface area (Å²) in [5, 5.41) is 0. The highest BCUT2D eigenvalue weighted by atomic mass is 15.0. The van der Waals surface area contributed by atoms with Crippen LogP contribution < -0.4 is 0 Å². The van der Waals surface area contributed by atoms with E-state index in [1.165, 1.54) is 11.1 Å². The standard InChI is InChI=1S/C17H22N2.CH4/c1-14-7-9-15(10-8-14)16(11-13-19(2)3)17-6-4-5-12-18-17;/h4-10,12,16H,11,13H2,1-3H3;1H4. The second-order valence-corrected chi connectivity index (χ2v) is 5.31. The third-order valence-corrected chi connectivity index (χ3v) is 3.39. The lowest BCUT2D eigenvalue weighted by Gasteiger charge is -2.19. The van der Waals surface area contributed by atoms with E-state index in [0.29, 0.717) is 5.92 Å². The lowest BCUT2D eigenvalue weighted by atomic mass is 9.91. The van der Waals surface area contributed by atoms with Crippen LogP contribution in [-0.2, 0) is 0 Å². The van der Waals surface area contributed by atoms with Crippen molar-refractivity contribution in [3.8, 4) is 0 Å². The summed E-state index contributed by atoms with van der Waals surface area (Å²) in [6, 6.07) is 15.0. The van der Waals surface area contributed by atoms with Crippen molar-refractivity contribution in [1.29, 1.82) is 0 Å². The van der Waals surface area contributed by atoms with Gasteiger partial charge in [0.2, 0.25) is 0 Å². The summed E-state index contributed by atoms with van der Waals surface area (Å²) in [6.07, 6.45) is 2.97. The van der Waals surface area contributed by atoms with E-state index in [4.69, 9.17) is 0 Å². The van der Waals surface area contributed by atoms with Gasteiger partial charge in [-0.1, -0.05) is 43.3 Å². The molecule has 0 spiro atoms. The van der Waals surface area contributed by atoms with E-state index in [0.717, 1.165) is 18.7 Å². The molecule has 1 unspecified atom stereocenters. The molecule has 0 saturated carbocycles. The summed E-state index contributed by atoms with van der Waals surface area (Å²) < 4.78 is 0. The highest BCUT2D eigenvalue weighted by Gasteiger charge is 2.15. The number of hydrogen-bond acceptors (Lipinski definition) is 2. The molecule has 0 aliphatic rings. The average Bonchev–Trinajstić information content (AvgIpc) is 2.42. The Hall–Kier alpha value is -1.67. The minimum Gasteiger partial charge on any atom is -0.309 e. The Balaban J connectivity index is 0.00000200. The molecule has 0 radical (unpaired) electrons. The van der Waals surface area contributed by atoms with Gasteiger partial charge in [0.25, 0.3) is 0 Å². The Morgan fingerprint density at radius 1 is 1.05 bits per heavy atom. The van der Waals surface area contributed by atoms with Crippen LogP contribution in [0.5, 0.6) is 0 Å². The van der Waals surface area contributed by atoms with Crippen LogP contribution in [0.4, 0.5) is 0 Å². The summed E-state index contributed by atoms with van der Waals surface area (Å²) in [7, 11) is 4.23. The zero-order valence-corrected chi connectivity index (χ0v) is 12.0. The Kier molecular flexibility index (Phi) is 6.40. The highest BCUT2D eigenvalue weighted by Crippen LogP contribution is 2.26. The number of rotatable bonds is 5. The number of nitrogens with zero attached hydrogens (tertiary/aromatic N) is 2. The molecule has 1 aromatic carbocycles. The van der Waals surface area contributed by atoms with Crippen LogP contribution in [0.3, 0.4) is 0 Å². The lowest BCUT2D eigenvalue weighted by Crippen LogP contribution is -2.17. The third kappa shape index (κ3) is 4.46. The second kappa shape index (κ2) is 7.81. The predicted molar refractivity (Wildman–Crippen MR) is 87.2 cm³/mol. The molecular formula is C18H26N2. The molecule has 0 amide bonds. The molecule has 1 heterocycles. The SMILES string of the molecule is C.Cc1ccc(C(CCN(C)C)c2ccccn2)cc1. The molecule has 0 aliphatic carbocycles. The summed E-state index contributed by atoms with van der Waals surface area (Å²) in [4.78, 5) is 6.76. The van der Waals surface area contributed by atoms with E-state index < -0.39 is 0 Å². The Morgan fingerprint density at radius 2 is 1.75 bits per heavy atom. The van der Waals surface area contributed by atoms with E-state index >= 15 is 0 Å². The summed E-state index contributed by atoms with van der Waals surface area (Å²) in [5.41, 5.74) is 3.82. The van der Waals surface area contributed by atoms with Crippen LogP contribution in [0.15, 0.2) is 48.7 Å². The van der Waals surface area contributed by atoms with Crippen LogP contribution in [0.25, 0.3) is 0 Å². The van der Waals surface area contributed by atoms with E-state index in [-0.39, 0.29) is 7.43 Å². The maximum absolute atomic E-state index is 4.54. The minimum atomic E-state index is 0. The molecule has 2 heteroatoms. The van der Waals surface area contributed by atoms with E-state index in [1.54, 1.807) is 0 Å². The predicted octanol–water partition coefficient (Wildman–Crippen LogP) is 4.11. The Labute approximate surface area is 123 Å². The molecule has 0 fully saturated rings. The molecule has 2 aromatic rings. The first-order valence-corrected chi connectivity index (χ1v) is 6.79. The smallest absolute Gasteiger partial charge is 0.0478 e. The highest BCUT2D eigenvalue weighted by molar-refractivity contribution is 5.30. The Morgan fingerprint density at radius 3 is 2.30 bits per heavy atom. The number of aromatic nitrogens is 1. The number of hydrogen-bond donors (Lipinski definition) is 0. The van der Waals surface area contributed by atoms with Gasteiger partial charge < -0.3 is 4.90 Å². The van der Waals surface area contributed by atoms with Crippen LogP contribution in [0.2, 0.25) is 0 Å². The topological polar surface area (TPSA) is 16.1 Å². The van der Waals surface area contributed by atoms with Gasteiger partial charge in [0.15, 0.2) is 0 Å². The van der Waals surface area contributed by atoms with Gasteiger partial charge in [-0.2, -0.15) is 0 Å². The number of pyridine rings is 1. The van der Waals surface area contributed by atoms with Crippen molar-refractivity contribution in [3.63, 3.8) is 0 Å². The molecule has 20 heavy (non-hydrogen) atoms. The van der Waals surface area contributed by atoms with E-state index in [9.17, 15) is 0 Å². The quantitative estimate of drug-likeness (QED) is 0.813. The Bertz CT molecular complexity index is 489. The van der Waals surface area contributed by atoms with Crippen molar-refractivity contribution in [2.75, 3.05) is 20.6 Å². The fourth-order valence-corrected chi connectivity index (χ4v) is 2.25. The zero-order chi connectivity index (χ0) is 13.7. The fraction of sp³-hybridized carbons (Fsp3) is 0.389. The summed E-state index contributed by atoms with van der Waals surface area (Å²) in [6.45, 7) is 3.19. The second-order valence-electron chi connectivity index (χ2n) is 5.31. The molecule has 0 saturated heterocycles. The third-order valence-electron chi connectivity index (χ3n) is 3.39. The van der Waals surface area contributed by atoms with Crippen molar-refractivity contribution >= 4 is 0 Å². The fourth-order valence-electron chi connectivity index (χ4n) is 2.25. The van der Waals surface area contributed by atoms with Crippen molar-refractivity contribution in [2.24, 2.45) is 0 Å². The maximum atomic E-state index is 4.54. The first kappa shape index (κ1) is 16.4. The molecular weight excluding hydrogens is 244 g/mol. The van der Waals surface area contributed by atoms with Crippen LogP contribution in [-0.4, -0.2) is 30.5 Å². The molecule has 2 rings (SSSR count). The molecule has 108 valence electrons. The van der Waals surface area contributed by atoms with Gasteiger partial charge in [0.1, 0.15) is 0 Å². The van der Waals surface area contributed by atoms with E-state index in [2.05, 4.69) is 67.3 Å². The summed E-state index contributed by atoms with van der Waals surface area (Å²) >= 11 is 0. The van der Waals surface area contributed by atoms with Gasteiger partial charge in [-0.05, 0) is 51.7 Å². The van der Waals surface area contributed by atoms with Crippen molar-refractivity contribution in [3.05, 3.63) is 65.5 Å². The minimum absolute atomic E-state index is 0. The van der Waals surface area contributed by atoms with Gasteiger partial charge >= 0.3 is 0 Å². The zero-order valence-electron chi connectivity index (χ0n) is 12.0. The summed E-state index contributed by atoms with van der Waals surface area (Å²) in [5.74, 6) is 0.379. The van der Waals surface area contributed by atoms with Crippen LogP contribution >= 0.6 is 0 Å². The molecule has 1 aromatic heterocycles.